The predicted molar refractivity (Wildman–Crippen MR) is 259 cm³/mol. The van der Waals surface area contributed by atoms with Crippen molar-refractivity contribution >= 4 is 81.3 Å². The average Bonchev–Trinajstić information content (AvgIpc) is 3.78. The molecule has 4 aromatic rings. The van der Waals surface area contributed by atoms with Crippen LogP contribution < -0.4 is 30.1 Å². The van der Waals surface area contributed by atoms with Crippen molar-refractivity contribution in [1.82, 2.24) is 29.8 Å². The first-order valence-corrected chi connectivity index (χ1v) is 22.9. The van der Waals surface area contributed by atoms with Crippen molar-refractivity contribution in [3.63, 3.8) is 0 Å². The van der Waals surface area contributed by atoms with Gasteiger partial charge in [-0.25, -0.2) is 20.4 Å². The van der Waals surface area contributed by atoms with Crippen LogP contribution in [0.2, 0.25) is 0 Å². The van der Waals surface area contributed by atoms with E-state index in [2.05, 4.69) is 94.5 Å². The summed E-state index contributed by atoms with van der Waals surface area (Å²) in [6.45, 7) is 26.5. The van der Waals surface area contributed by atoms with Crippen LogP contribution >= 0.6 is 12.4 Å². The van der Waals surface area contributed by atoms with Gasteiger partial charge in [0.2, 0.25) is 0 Å². The smallest absolute Gasteiger partial charge is 0.410 e. The first-order chi connectivity index (χ1) is 31.0. The van der Waals surface area contributed by atoms with E-state index in [0.29, 0.717) is 51.1 Å². The molecule has 0 aliphatic carbocycles. The van der Waals surface area contributed by atoms with Gasteiger partial charge in [0.15, 0.2) is 11.7 Å². The van der Waals surface area contributed by atoms with E-state index in [1.807, 2.05) is 65.2 Å². The molecule has 2 aromatic carbocycles. The Hall–Kier alpha value is -6.17. The van der Waals surface area contributed by atoms with Crippen LogP contribution in [0.4, 0.5) is 21.0 Å². The zero-order chi connectivity index (χ0) is 47.4. The number of nitrogens with zero attached hydrogens (tertiary/aromatic N) is 8. The fourth-order valence-corrected chi connectivity index (χ4v) is 9.85. The molecule has 2 fully saturated rings. The summed E-state index contributed by atoms with van der Waals surface area (Å²) in [7, 11) is 0. The van der Waals surface area contributed by atoms with E-state index in [0.717, 1.165) is 57.5 Å². The van der Waals surface area contributed by atoms with Crippen LogP contribution in [-0.2, 0) is 43.0 Å². The van der Waals surface area contributed by atoms with Crippen molar-refractivity contribution < 1.29 is 38.1 Å². The summed E-state index contributed by atoms with van der Waals surface area (Å²) in [6, 6.07) is 7.57. The van der Waals surface area contributed by atoms with Gasteiger partial charge in [0.05, 0.1) is 33.5 Å². The van der Waals surface area contributed by atoms with Gasteiger partial charge >= 0.3 is 12.2 Å². The fraction of sp³-hybridized carbons (Fsp3) is 0.542. The lowest BCUT2D eigenvalue weighted by Crippen LogP contribution is -2.63. The number of amides is 4. The number of hydrogen-bond donors (Lipinski definition) is 2. The van der Waals surface area contributed by atoms with E-state index < -0.39 is 11.2 Å². The third-order valence-corrected chi connectivity index (χ3v) is 13.2. The van der Waals surface area contributed by atoms with Crippen LogP contribution in [0, 0.1) is 0 Å². The second-order valence-corrected chi connectivity index (χ2v) is 20.8. The number of amidine groups is 2. The monoisotopic (exact) mass is 942 g/mol. The molecule has 360 valence electrons. The van der Waals surface area contributed by atoms with Crippen molar-refractivity contribution in [3.05, 3.63) is 47.8 Å². The normalized spacial score (nSPS) is 21.1. The second kappa shape index (κ2) is 16.6. The lowest BCUT2D eigenvalue weighted by molar-refractivity contribution is -0.123. The minimum atomic E-state index is -0.519. The summed E-state index contributed by atoms with van der Waals surface area (Å²) in [5.41, 5.74) is 9.81. The lowest BCUT2D eigenvalue weighted by atomic mass is 9.92. The van der Waals surface area contributed by atoms with Gasteiger partial charge in [-0.3, -0.25) is 9.59 Å². The molecule has 0 spiro atoms. The number of hydrazone groups is 2. The standard InChI is InChI=1S/2C24H31N5O4.ClH/c2*1-7-15-10-28(24(6)12-27(13-24)22(31)33-23(3,4)5)17-9-18-19(8-16(15)17)32-11-20-25-26-21(30)14(2)29(18)20;/h2*8-10,14H,7,11-13H2,1-6H3,(H,26,30);1H/t2*14-;/m11./s1. The van der Waals surface area contributed by atoms with Gasteiger partial charge in [-0.1, -0.05) is 13.8 Å². The Labute approximate surface area is 396 Å². The van der Waals surface area contributed by atoms with E-state index in [-0.39, 0.29) is 59.6 Å². The molecule has 10 rings (SSSR count). The lowest BCUT2D eigenvalue weighted by Gasteiger charge is -2.49. The number of ether oxygens (including phenoxy) is 4. The van der Waals surface area contributed by atoms with Gasteiger partial charge in [-0.05, 0) is 117 Å². The highest BCUT2D eigenvalue weighted by Gasteiger charge is 2.47. The molecule has 2 saturated heterocycles. The number of nitrogens with one attached hydrogen (secondary N) is 2. The van der Waals surface area contributed by atoms with E-state index >= 15 is 0 Å². The van der Waals surface area contributed by atoms with Crippen LogP contribution in [0.25, 0.3) is 21.8 Å². The SMILES string of the molecule is CCc1cn(C2(C)CN(C(=O)OC(C)(C)C)C2)c2cc3c(cc12)OCC1=NNC(=O)[C@@H](C)N13.CCc1cn(C2(C)CN(C(=O)OC(C)(C)C)C2)c2cc3c(cc12)OCC1=NNC(=O)[C@@H](C)N13.Cl. The first-order valence-electron chi connectivity index (χ1n) is 22.9. The molecule has 6 aliphatic heterocycles. The molecule has 0 radical (unpaired) electrons. The zero-order valence-electron chi connectivity index (χ0n) is 40.5. The number of aromatic nitrogens is 2. The topological polar surface area (TPSA) is 177 Å². The Balaban J connectivity index is 0.000000179. The summed E-state index contributed by atoms with van der Waals surface area (Å²) in [5, 5.41) is 10.6. The molecule has 0 bridgehead atoms. The highest BCUT2D eigenvalue weighted by molar-refractivity contribution is 6.11. The third kappa shape index (κ3) is 8.24. The zero-order valence-corrected chi connectivity index (χ0v) is 41.3. The number of benzene rings is 2. The summed E-state index contributed by atoms with van der Waals surface area (Å²) >= 11 is 0. The van der Waals surface area contributed by atoms with Crippen LogP contribution in [0.1, 0.15) is 94.2 Å². The second-order valence-electron chi connectivity index (χ2n) is 20.8. The van der Waals surface area contributed by atoms with Gasteiger partial charge in [-0.15, -0.1) is 12.4 Å². The number of carbonyl (C=O) groups excluding carboxylic acids is 4. The van der Waals surface area contributed by atoms with Crippen LogP contribution in [0.15, 0.2) is 46.9 Å². The van der Waals surface area contributed by atoms with E-state index in [1.165, 1.54) is 11.1 Å². The van der Waals surface area contributed by atoms with Gasteiger partial charge in [-0.2, -0.15) is 10.2 Å². The van der Waals surface area contributed by atoms with Gasteiger partial charge in [0.1, 0.15) is 48.0 Å². The van der Waals surface area contributed by atoms with Gasteiger partial charge < -0.3 is 47.7 Å². The first kappa shape index (κ1) is 47.3. The van der Waals surface area contributed by atoms with Crippen molar-refractivity contribution in [2.24, 2.45) is 10.2 Å². The highest BCUT2D eigenvalue weighted by atomic mass is 35.5. The maximum Gasteiger partial charge on any atom is 0.410 e. The summed E-state index contributed by atoms with van der Waals surface area (Å²) in [6.07, 6.45) is 5.56. The van der Waals surface area contributed by atoms with E-state index in [4.69, 9.17) is 18.9 Å². The molecule has 4 amide bonds. The maximum absolute atomic E-state index is 12.5. The molecule has 8 heterocycles. The molecule has 2 N–H and O–H groups in total. The molecule has 19 heteroatoms. The molecule has 2 aromatic heterocycles. The quantitative estimate of drug-likeness (QED) is 0.221. The van der Waals surface area contributed by atoms with Crippen LogP contribution in [0.3, 0.4) is 0 Å². The average molecular weight is 944 g/mol. The summed E-state index contributed by atoms with van der Waals surface area (Å²) in [4.78, 5) is 57.0. The summed E-state index contributed by atoms with van der Waals surface area (Å²) < 4.78 is 27.6. The van der Waals surface area contributed by atoms with Crippen molar-refractivity contribution in [1.29, 1.82) is 0 Å². The summed E-state index contributed by atoms with van der Waals surface area (Å²) in [5.74, 6) is 2.60. The Kier molecular flexibility index (Phi) is 11.7. The van der Waals surface area contributed by atoms with E-state index in [9.17, 15) is 19.2 Å². The number of fused-ring (bicyclic) bond motifs is 8. The van der Waals surface area contributed by atoms with Gasteiger partial charge in [0.25, 0.3) is 11.8 Å². The molecule has 6 aliphatic rings. The molecule has 0 unspecified atom stereocenters. The van der Waals surface area contributed by atoms with E-state index in [1.54, 1.807) is 9.80 Å². The molecule has 18 nitrogen and oxygen atoms in total. The molecule has 2 atom stereocenters. The number of anilines is 2. The molecule has 0 saturated carbocycles. The minimum absolute atomic E-state index is 0. The number of halogens is 1. The van der Waals surface area contributed by atoms with Crippen LogP contribution in [0.5, 0.6) is 11.5 Å². The molecular formula is C48H63ClN10O8. The number of hydrogen-bond acceptors (Lipinski definition) is 12. The predicted octanol–water partition coefficient (Wildman–Crippen LogP) is 6.82. The Morgan fingerprint density at radius 1 is 0.672 bits per heavy atom. The number of likely N-dealkylation sites (tertiary alicyclic amines) is 2. The van der Waals surface area contributed by atoms with Crippen LogP contribution in [-0.4, -0.2) is 117 Å². The largest absolute Gasteiger partial charge is 0.483 e. The van der Waals surface area contributed by atoms with Gasteiger partial charge in [0, 0.05) is 49.3 Å². The number of rotatable bonds is 4. The number of aryl methyl sites for hydroxylation is 2. The highest BCUT2D eigenvalue weighted by Crippen LogP contribution is 2.45. The Bertz CT molecular complexity index is 2560. The van der Waals surface area contributed by atoms with Crippen molar-refractivity contribution in [2.75, 3.05) is 49.2 Å². The molecular weight excluding hydrogens is 880 g/mol. The van der Waals surface area contributed by atoms with Crippen molar-refractivity contribution in [2.45, 2.75) is 130 Å². The Morgan fingerprint density at radius 2 is 1.03 bits per heavy atom. The van der Waals surface area contributed by atoms with Crippen molar-refractivity contribution in [3.8, 4) is 11.5 Å². The molecule has 67 heavy (non-hydrogen) atoms. The Morgan fingerprint density at radius 3 is 1.36 bits per heavy atom. The maximum atomic E-state index is 12.5. The third-order valence-electron chi connectivity index (χ3n) is 13.2. The number of carbonyl (C=O) groups is 4. The fourth-order valence-electron chi connectivity index (χ4n) is 9.85. The minimum Gasteiger partial charge on any atom is -0.483 e.